The predicted molar refractivity (Wildman–Crippen MR) is 141 cm³/mol. The molecule has 210 valence electrons. The fourth-order valence-corrected chi connectivity index (χ4v) is 3.35. The van der Waals surface area contributed by atoms with E-state index in [0.29, 0.717) is 5.56 Å². The predicted octanol–water partition coefficient (Wildman–Crippen LogP) is 0.873. The van der Waals surface area contributed by atoms with Gasteiger partial charge in [-0.15, -0.1) is 0 Å². The summed E-state index contributed by atoms with van der Waals surface area (Å²) in [6, 6.07) is 12.5. The molecule has 0 heterocycles. The van der Waals surface area contributed by atoms with E-state index >= 15 is 0 Å². The summed E-state index contributed by atoms with van der Waals surface area (Å²) in [6.45, 7) is 4.01. The number of hydrogen-bond acceptors (Lipinski definition) is 7. The molecule has 0 radical (unpaired) electrons. The minimum atomic E-state index is -1.22. The van der Waals surface area contributed by atoms with Gasteiger partial charge in [0.25, 0.3) is 0 Å². The van der Waals surface area contributed by atoms with Gasteiger partial charge in [0, 0.05) is 12.8 Å². The zero-order valence-corrected chi connectivity index (χ0v) is 22.0. The number of rotatable bonds is 12. The van der Waals surface area contributed by atoms with Crippen molar-refractivity contribution in [2.45, 2.75) is 51.3 Å². The van der Waals surface area contributed by atoms with Gasteiger partial charge < -0.3 is 36.2 Å². The quantitative estimate of drug-likeness (QED) is 0.228. The summed E-state index contributed by atoms with van der Waals surface area (Å²) in [6.07, 6.45) is -0.710. The van der Waals surface area contributed by atoms with Gasteiger partial charge in [0.2, 0.25) is 17.7 Å². The Kier molecular flexibility index (Phi) is 11.3. The molecule has 0 saturated carbocycles. The normalized spacial score (nSPS) is 12.4. The summed E-state index contributed by atoms with van der Waals surface area (Å²) >= 11 is 0. The molecule has 0 aliphatic heterocycles. The Bertz CT molecular complexity index is 1150. The molecule has 12 nitrogen and oxygen atoms in total. The maximum absolute atomic E-state index is 12.8. The van der Waals surface area contributed by atoms with Gasteiger partial charge in [0.1, 0.15) is 23.4 Å². The van der Waals surface area contributed by atoms with Crippen molar-refractivity contribution in [1.82, 2.24) is 21.3 Å². The number of alkyl carbamates (subject to hydrolysis) is 1. The number of aliphatic carboxylic acids is 1. The SMILES string of the molecule is CC(C)(C)OC(=O)N[C@H](Cc1ccc(O)cc1)C(=O)NCC(=O)NCC(=O)N[C@H](Cc1ccccc1)C(=O)O. The summed E-state index contributed by atoms with van der Waals surface area (Å²) in [5, 5.41) is 28.4. The lowest BCUT2D eigenvalue weighted by molar-refractivity contribution is -0.141. The van der Waals surface area contributed by atoms with Gasteiger partial charge in [0.05, 0.1) is 13.1 Å². The van der Waals surface area contributed by atoms with Crippen LogP contribution in [-0.4, -0.2) is 70.8 Å². The number of aromatic hydroxyl groups is 1. The van der Waals surface area contributed by atoms with E-state index in [9.17, 15) is 34.2 Å². The molecule has 39 heavy (non-hydrogen) atoms. The van der Waals surface area contributed by atoms with Crippen LogP contribution in [0.15, 0.2) is 54.6 Å². The Morgan fingerprint density at radius 2 is 1.33 bits per heavy atom. The Morgan fingerprint density at radius 1 is 0.769 bits per heavy atom. The molecule has 0 spiro atoms. The third-order valence-corrected chi connectivity index (χ3v) is 5.17. The van der Waals surface area contributed by atoms with Crippen LogP contribution in [0.3, 0.4) is 0 Å². The number of hydrogen-bond donors (Lipinski definition) is 6. The summed E-state index contributed by atoms with van der Waals surface area (Å²) in [4.78, 5) is 61.0. The van der Waals surface area contributed by atoms with Gasteiger partial charge >= 0.3 is 12.1 Å². The number of carbonyl (C=O) groups excluding carboxylic acids is 4. The van der Waals surface area contributed by atoms with Crippen LogP contribution in [0, 0.1) is 0 Å². The van der Waals surface area contributed by atoms with Gasteiger partial charge in [-0.1, -0.05) is 42.5 Å². The lowest BCUT2D eigenvalue weighted by Crippen LogP contribution is -2.52. The first-order valence-corrected chi connectivity index (χ1v) is 12.2. The molecule has 0 aliphatic rings. The van der Waals surface area contributed by atoms with Crippen molar-refractivity contribution in [3.63, 3.8) is 0 Å². The lowest BCUT2D eigenvalue weighted by atomic mass is 10.1. The van der Waals surface area contributed by atoms with Crippen molar-refractivity contribution in [3.8, 4) is 5.75 Å². The summed E-state index contributed by atoms with van der Waals surface area (Å²) in [5.74, 6) is -3.27. The summed E-state index contributed by atoms with van der Waals surface area (Å²) < 4.78 is 5.22. The van der Waals surface area contributed by atoms with E-state index in [1.54, 1.807) is 63.2 Å². The second-order valence-electron chi connectivity index (χ2n) is 9.71. The molecule has 6 N–H and O–H groups in total. The third-order valence-electron chi connectivity index (χ3n) is 5.17. The number of phenols is 1. The molecule has 0 unspecified atom stereocenters. The molecule has 2 aromatic carbocycles. The van der Waals surface area contributed by atoms with Crippen molar-refractivity contribution in [3.05, 3.63) is 65.7 Å². The number of carboxylic acids is 1. The molecule has 12 heteroatoms. The first kappa shape index (κ1) is 30.6. The van der Waals surface area contributed by atoms with Crippen LogP contribution in [-0.2, 0) is 36.8 Å². The van der Waals surface area contributed by atoms with E-state index in [2.05, 4.69) is 21.3 Å². The number of benzene rings is 2. The van der Waals surface area contributed by atoms with E-state index in [-0.39, 0.29) is 18.6 Å². The fourth-order valence-electron chi connectivity index (χ4n) is 3.35. The van der Waals surface area contributed by atoms with Gasteiger partial charge in [0.15, 0.2) is 0 Å². The second-order valence-corrected chi connectivity index (χ2v) is 9.71. The monoisotopic (exact) mass is 542 g/mol. The maximum Gasteiger partial charge on any atom is 0.408 e. The minimum Gasteiger partial charge on any atom is -0.508 e. The Morgan fingerprint density at radius 3 is 1.92 bits per heavy atom. The average molecular weight is 543 g/mol. The van der Waals surface area contributed by atoms with E-state index in [1.165, 1.54) is 12.1 Å². The van der Waals surface area contributed by atoms with E-state index in [4.69, 9.17) is 4.74 Å². The zero-order chi connectivity index (χ0) is 29.0. The molecular weight excluding hydrogens is 508 g/mol. The molecule has 0 aliphatic carbocycles. The highest BCUT2D eigenvalue weighted by Crippen LogP contribution is 2.12. The maximum atomic E-state index is 12.8. The highest BCUT2D eigenvalue weighted by atomic mass is 16.6. The van der Waals surface area contributed by atoms with Crippen molar-refractivity contribution >= 4 is 29.8 Å². The number of carbonyl (C=O) groups is 5. The van der Waals surface area contributed by atoms with Crippen LogP contribution in [0.4, 0.5) is 4.79 Å². The van der Waals surface area contributed by atoms with Crippen molar-refractivity contribution in [2.75, 3.05) is 13.1 Å². The zero-order valence-electron chi connectivity index (χ0n) is 22.0. The van der Waals surface area contributed by atoms with Crippen LogP contribution in [0.2, 0.25) is 0 Å². The number of carboxylic acid groups (broad SMARTS) is 1. The number of nitrogens with one attached hydrogen (secondary N) is 4. The molecule has 2 atom stereocenters. The van der Waals surface area contributed by atoms with Gasteiger partial charge in [-0.05, 0) is 44.0 Å². The van der Waals surface area contributed by atoms with Crippen LogP contribution >= 0.6 is 0 Å². The first-order valence-electron chi connectivity index (χ1n) is 12.2. The summed E-state index contributed by atoms with van der Waals surface area (Å²) in [7, 11) is 0. The molecule has 0 fully saturated rings. The van der Waals surface area contributed by atoms with Crippen LogP contribution in [0.5, 0.6) is 5.75 Å². The average Bonchev–Trinajstić information content (AvgIpc) is 2.86. The minimum absolute atomic E-state index is 0.0373. The third kappa shape index (κ3) is 12.0. The Hall–Kier alpha value is -4.61. The fraction of sp³-hybridized carbons (Fsp3) is 0.370. The van der Waals surface area contributed by atoms with E-state index in [0.717, 1.165) is 5.56 Å². The standard InChI is InChI=1S/C27H34N4O8/c1-27(2,3)39-26(38)31-20(13-18-9-11-19(32)12-10-18)24(35)29-15-22(33)28-16-23(34)30-21(25(36)37)14-17-7-5-4-6-8-17/h4-12,20-21,32H,13-16H2,1-3H3,(H,28,33)(H,29,35)(H,30,34)(H,31,38)(H,36,37)/t20-,21-/m1/s1. The lowest BCUT2D eigenvalue weighted by Gasteiger charge is -2.23. The van der Waals surface area contributed by atoms with Crippen molar-refractivity contribution in [2.24, 2.45) is 0 Å². The van der Waals surface area contributed by atoms with Crippen molar-refractivity contribution in [1.29, 1.82) is 0 Å². The second kappa shape index (κ2) is 14.4. The topological polar surface area (TPSA) is 183 Å². The van der Waals surface area contributed by atoms with Crippen LogP contribution in [0.1, 0.15) is 31.9 Å². The Balaban J connectivity index is 1.89. The van der Waals surface area contributed by atoms with Gasteiger partial charge in [-0.3, -0.25) is 14.4 Å². The molecule has 0 bridgehead atoms. The van der Waals surface area contributed by atoms with E-state index in [1.807, 2.05) is 0 Å². The van der Waals surface area contributed by atoms with Crippen LogP contribution in [0.25, 0.3) is 0 Å². The number of ether oxygens (including phenoxy) is 1. The highest BCUT2D eigenvalue weighted by Gasteiger charge is 2.25. The molecule has 2 rings (SSSR count). The first-order chi connectivity index (χ1) is 18.3. The van der Waals surface area contributed by atoms with E-state index < -0.39 is 60.6 Å². The largest absolute Gasteiger partial charge is 0.508 e. The molecule has 2 aromatic rings. The van der Waals surface area contributed by atoms with Crippen LogP contribution < -0.4 is 21.3 Å². The molecule has 0 aromatic heterocycles. The van der Waals surface area contributed by atoms with Gasteiger partial charge in [-0.2, -0.15) is 0 Å². The molecular formula is C27H34N4O8. The molecule has 4 amide bonds. The van der Waals surface area contributed by atoms with Crippen molar-refractivity contribution < 1.29 is 38.9 Å². The number of amides is 4. The summed E-state index contributed by atoms with van der Waals surface area (Å²) in [5.41, 5.74) is 0.553. The molecule has 0 saturated heterocycles. The highest BCUT2D eigenvalue weighted by molar-refractivity contribution is 5.91. The smallest absolute Gasteiger partial charge is 0.408 e. The Labute approximate surface area is 226 Å². The number of phenolic OH excluding ortho intramolecular Hbond substituents is 1. The van der Waals surface area contributed by atoms with Gasteiger partial charge in [-0.25, -0.2) is 9.59 Å².